The average Bonchev–Trinajstić information content (AvgIpc) is 2.76. The normalized spacial score (nSPS) is 10.7. The molecule has 0 bridgehead atoms. The Bertz CT molecular complexity index is 474. The van der Waals surface area contributed by atoms with E-state index in [1.165, 1.54) is 16.8 Å². The van der Waals surface area contributed by atoms with E-state index < -0.39 is 0 Å². The molecule has 17 heavy (non-hydrogen) atoms. The van der Waals surface area contributed by atoms with Crippen molar-refractivity contribution in [2.75, 3.05) is 7.05 Å². The molecule has 3 heteroatoms. The molecule has 3 nitrogen and oxygen atoms in total. The van der Waals surface area contributed by atoms with Gasteiger partial charge in [-0.25, -0.2) is 4.98 Å². The van der Waals surface area contributed by atoms with Gasteiger partial charge in [-0.05, 0) is 31.5 Å². The van der Waals surface area contributed by atoms with Crippen LogP contribution in [0.25, 0.3) is 0 Å². The Morgan fingerprint density at radius 1 is 1.29 bits per heavy atom. The van der Waals surface area contributed by atoms with E-state index in [4.69, 9.17) is 0 Å². The molecule has 1 N–H and O–H groups in total. The SMILES string of the molecule is CNCc1cncn1CCc1ccccc1C. The Morgan fingerprint density at radius 3 is 2.88 bits per heavy atom. The van der Waals surface area contributed by atoms with Crippen LogP contribution >= 0.6 is 0 Å². The van der Waals surface area contributed by atoms with Gasteiger partial charge in [0.1, 0.15) is 0 Å². The molecule has 2 aromatic rings. The molecule has 0 unspecified atom stereocenters. The lowest BCUT2D eigenvalue weighted by molar-refractivity contribution is 0.636. The van der Waals surface area contributed by atoms with Crippen LogP contribution in [0.15, 0.2) is 36.8 Å². The first-order valence-electron chi connectivity index (χ1n) is 5.99. The lowest BCUT2D eigenvalue weighted by atomic mass is 10.1. The summed E-state index contributed by atoms with van der Waals surface area (Å²) in [5.41, 5.74) is 4.01. The quantitative estimate of drug-likeness (QED) is 0.851. The molecule has 0 aliphatic rings. The van der Waals surface area contributed by atoms with Gasteiger partial charge in [-0.2, -0.15) is 0 Å². The van der Waals surface area contributed by atoms with Crippen LogP contribution in [-0.2, 0) is 19.5 Å². The molecule has 0 spiro atoms. The summed E-state index contributed by atoms with van der Waals surface area (Å²) in [5, 5.41) is 3.16. The molecule has 1 aromatic carbocycles. The highest BCUT2D eigenvalue weighted by Gasteiger charge is 2.02. The van der Waals surface area contributed by atoms with Gasteiger partial charge < -0.3 is 9.88 Å². The molecule has 0 aliphatic carbocycles. The third-order valence-corrected chi connectivity index (χ3v) is 3.04. The van der Waals surface area contributed by atoms with Crippen LogP contribution in [0.4, 0.5) is 0 Å². The highest BCUT2D eigenvalue weighted by atomic mass is 15.1. The molecule has 1 heterocycles. The summed E-state index contributed by atoms with van der Waals surface area (Å²) in [6, 6.07) is 8.55. The smallest absolute Gasteiger partial charge is 0.0948 e. The van der Waals surface area contributed by atoms with E-state index in [2.05, 4.69) is 46.1 Å². The summed E-state index contributed by atoms with van der Waals surface area (Å²) >= 11 is 0. The lowest BCUT2D eigenvalue weighted by Gasteiger charge is -2.09. The minimum absolute atomic E-state index is 0.869. The number of hydrogen-bond acceptors (Lipinski definition) is 2. The summed E-state index contributed by atoms with van der Waals surface area (Å²) < 4.78 is 2.21. The van der Waals surface area contributed by atoms with Crippen molar-refractivity contribution in [3.63, 3.8) is 0 Å². The van der Waals surface area contributed by atoms with Crippen molar-refractivity contribution < 1.29 is 0 Å². The number of benzene rings is 1. The number of nitrogens with zero attached hydrogens (tertiary/aromatic N) is 2. The van der Waals surface area contributed by atoms with E-state index in [-0.39, 0.29) is 0 Å². The molecule has 0 atom stereocenters. The summed E-state index contributed by atoms with van der Waals surface area (Å²) in [6.07, 6.45) is 4.89. The number of aromatic nitrogens is 2. The molecule has 0 fully saturated rings. The van der Waals surface area contributed by atoms with Crippen molar-refractivity contribution in [3.05, 3.63) is 53.6 Å². The molecular weight excluding hydrogens is 210 g/mol. The highest BCUT2D eigenvalue weighted by Crippen LogP contribution is 2.09. The highest BCUT2D eigenvalue weighted by molar-refractivity contribution is 5.25. The van der Waals surface area contributed by atoms with Crippen LogP contribution in [0.3, 0.4) is 0 Å². The van der Waals surface area contributed by atoms with E-state index in [1.54, 1.807) is 0 Å². The third-order valence-electron chi connectivity index (χ3n) is 3.04. The van der Waals surface area contributed by atoms with E-state index in [0.717, 1.165) is 19.5 Å². The molecule has 0 saturated heterocycles. The van der Waals surface area contributed by atoms with E-state index in [0.29, 0.717) is 0 Å². The Balaban J connectivity index is 2.02. The molecule has 0 aliphatic heterocycles. The van der Waals surface area contributed by atoms with Gasteiger partial charge in [0.2, 0.25) is 0 Å². The largest absolute Gasteiger partial charge is 0.333 e. The average molecular weight is 229 g/mol. The predicted octanol–water partition coefficient (Wildman–Crippen LogP) is 2.15. The van der Waals surface area contributed by atoms with Gasteiger partial charge in [0.15, 0.2) is 0 Å². The maximum Gasteiger partial charge on any atom is 0.0948 e. The summed E-state index contributed by atoms with van der Waals surface area (Å²) in [4.78, 5) is 4.20. The van der Waals surface area contributed by atoms with Gasteiger partial charge in [-0.3, -0.25) is 0 Å². The van der Waals surface area contributed by atoms with Crippen molar-refractivity contribution >= 4 is 0 Å². The van der Waals surface area contributed by atoms with Gasteiger partial charge in [0, 0.05) is 19.3 Å². The van der Waals surface area contributed by atoms with Gasteiger partial charge in [-0.1, -0.05) is 24.3 Å². The second-order valence-corrected chi connectivity index (χ2v) is 4.29. The molecule has 90 valence electrons. The maximum absolute atomic E-state index is 4.20. The Morgan fingerprint density at radius 2 is 2.12 bits per heavy atom. The molecule has 2 rings (SSSR count). The minimum Gasteiger partial charge on any atom is -0.333 e. The lowest BCUT2D eigenvalue weighted by Crippen LogP contribution is -2.12. The first-order chi connectivity index (χ1) is 8.31. The zero-order valence-corrected chi connectivity index (χ0v) is 10.5. The molecule has 0 radical (unpaired) electrons. The van der Waals surface area contributed by atoms with Crippen molar-refractivity contribution in [3.8, 4) is 0 Å². The van der Waals surface area contributed by atoms with Crippen molar-refractivity contribution in [2.24, 2.45) is 0 Å². The Labute approximate surface area is 103 Å². The number of rotatable bonds is 5. The first kappa shape index (κ1) is 11.9. The minimum atomic E-state index is 0.869. The zero-order chi connectivity index (χ0) is 12.1. The first-order valence-corrected chi connectivity index (χ1v) is 5.99. The van der Waals surface area contributed by atoms with Gasteiger partial charge in [-0.15, -0.1) is 0 Å². The van der Waals surface area contributed by atoms with Gasteiger partial charge in [0.05, 0.1) is 12.0 Å². The summed E-state index contributed by atoms with van der Waals surface area (Å²) in [5.74, 6) is 0. The second-order valence-electron chi connectivity index (χ2n) is 4.29. The fourth-order valence-corrected chi connectivity index (χ4v) is 2.01. The van der Waals surface area contributed by atoms with E-state index >= 15 is 0 Å². The predicted molar refractivity (Wildman–Crippen MR) is 69.9 cm³/mol. The molecule has 0 saturated carbocycles. The number of aryl methyl sites for hydroxylation is 3. The third kappa shape index (κ3) is 2.94. The fraction of sp³-hybridized carbons (Fsp3) is 0.357. The van der Waals surface area contributed by atoms with Crippen LogP contribution in [0.2, 0.25) is 0 Å². The molecule has 0 amide bonds. The van der Waals surface area contributed by atoms with E-state index in [9.17, 15) is 0 Å². The van der Waals surface area contributed by atoms with E-state index in [1.807, 2.05) is 19.6 Å². The molecular formula is C14H19N3. The number of hydrogen-bond donors (Lipinski definition) is 1. The zero-order valence-electron chi connectivity index (χ0n) is 10.5. The van der Waals surface area contributed by atoms with Gasteiger partial charge in [0.25, 0.3) is 0 Å². The summed E-state index contributed by atoms with van der Waals surface area (Å²) in [6.45, 7) is 4.02. The summed E-state index contributed by atoms with van der Waals surface area (Å²) in [7, 11) is 1.96. The van der Waals surface area contributed by atoms with Crippen LogP contribution in [0.1, 0.15) is 16.8 Å². The Kier molecular flexibility index (Phi) is 3.94. The van der Waals surface area contributed by atoms with Crippen LogP contribution in [0, 0.1) is 6.92 Å². The number of nitrogens with one attached hydrogen (secondary N) is 1. The van der Waals surface area contributed by atoms with Crippen molar-refractivity contribution in [1.82, 2.24) is 14.9 Å². The second kappa shape index (κ2) is 5.64. The molecule has 1 aromatic heterocycles. The Hall–Kier alpha value is -1.61. The van der Waals surface area contributed by atoms with Crippen LogP contribution in [-0.4, -0.2) is 16.6 Å². The van der Waals surface area contributed by atoms with Crippen LogP contribution in [0.5, 0.6) is 0 Å². The van der Waals surface area contributed by atoms with Crippen LogP contribution < -0.4 is 5.32 Å². The van der Waals surface area contributed by atoms with Gasteiger partial charge >= 0.3 is 0 Å². The standard InChI is InChI=1S/C14H19N3/c1-12-5-3-4-6-13(12)7-8-17-11-16-10-14(17)9-15-2/h3-6,10-11,15H,7-9H2,1-2H3. The number of imidazole rings is 1. The maximum atomic E-state index is 4.20. The van der Waals surface area contributed by atoms with Crippen molar-refractivity contribution in [1.29, 1.82) is 0 Å². The monoisotopic (exact) mass is 229 g/mol. The van der Waals surface area contributed by atoms with Crippen molar-refractivity contribution in [2.45, 2.75) is 26.4 Å². The topological polar surface area (TPSA) is 29.9 Å². The fourth-order valence-electron chi connectivity index (χ4n) is 2.01.